The van der Waals surface area contributed by atoms with Gasteiger partial charge in [0.2, 0.25) is 0 Å². The minimum Gasteiger partial charge on any atom is -0.492 e. The van der Waals surface area contributed by atoms with Crippen molar-refractivity contribution in [2.24, 2.45) is 4.99 Å². The number of hydrogen-bond acceptors (Lipinski definition) is 5. The maximum Gasteiger partial charge on any atom is 0.193 e. The largest absolute Gasteiger partial charge is 0.492 e. The van der Waals surface area contributed by atoms with Crippen LogP contribution in [0.15, 0.2) is 29.3 Å². The number of likely N-dealkylation sites (N-methyl/N-ethyl adjacent to an activating group) is 1. The van der Waals surface area contributed by atoms with Crippen LogP contribution in [0.5, 0.6) is 5.75 Å². The Labute approximate surface area is 190 Å². The smallest absolute Gasteiger partial charge is 0.193 e. The molecular weight excluding hydrogens is 515 g/mol. The zero-order chi connectivity index (χ0) is 19.7. The van der Waals surface area contributed by atoms with Gasteiger partial charge in [-0.25, -0.2) is 8.42 Å². The summed E-state index contributed by atoms with van der Waals surface area (Å²) in [5.74, 6) is 2.11. The quantitative estimate of drug-likeness (QED) is 0.306. The molecule has 1 N–H and O–H groups in total. The van der Waals surface area contributed by atoms with Gasteiger partial charge < -0.3 is 15.0 Å². The van der Waals surface area contributed by atoms with Crippen LogP contribution in [-0.4, -0.2) is 88.6 Å². The summed E-state index contributed by atoms with van der Waals surface area (Å²) in [6.07, 6.45) is 0. The van der Waals surface area contributed by atoms with E-state index < -0.39 is 9.84 Å². The molecular formula is C18H30ClIN4O3S. The van der Waals surface area contributed by atoms with Crippen LogP contribution in [0.4, 0.5) is 0 Å². The van der Waals surface area contributed by atoms with Crippen LogP contribution >= 0.6 is 35.6 Å². The fourth-order valence-corrected chi connectivity index (χ4v) is 4.08. The molecule has 0 unspecified atom stereocenters. The van der Waals surface area contributed by atoms with Crippen LogP contribution in [0.1, 0.15) is 6.92 Å². The molecule has 0 radical (unpaired) electrons. The van der Waals surface area contributed by atoms with Crippen molar-refractivity contribution in [2.45, 2.75) is 6.92 Å². The van der Waals surface area contributed by atoms with Gasteiger partial charge in [0.1, 0.15) is 12.4 Å². The molecule has 28 heavy (non-hydrogen) atoms. The van der Waals surface area contributed by atoms with Crippen LogP contribution < -0.4 is 10.1 Å². The van der Waals surface area contributed by atoms with E-state index in [1.54, 1.807) is 12.1 Å². The van der Waals surface area contributed by atoms with Crippen molar-refractivity contribution in [3.05, 3.63) is 29.3 Å². The van der Waals surface area contributed by atoms with Gasteiger partial charge in [-0.1, -0.05) is 11.6 Å². The number of halogens is 2. The van der Waals surface area contributed by atoms with Gasteiger partial charge in [-0.3, -0.25) is 9.89 Å². The van der Waals surface area contributed by atoms with E-state index in [-0.39, 0.29) is 35.5 Å². The lowest BCUT2D eigenvalue weighted by molar-refractivity contribution is 0.280. The Kier molecular flexibility index (Phi) is 11.5. The molecule has 0 saturated carbocycles. The third kappa shape index (κ3) is 9.15. The van der Waals surface area contributed by atoms with Gasteiger partial charge in [0.25, 0.3) is 0 Å². The lowest BCUT2D eigenvalue weighted by atomic mass is 10.3. The average molecular weight is 545 g/mol. The zero-order valence-electron chi connectivity index (χ0n) is 16.4. The van der Waals surface area contributed by atoms with E-state index in [1.165, 1.54) is 0 Å². The number of nitrogens with one attached hydrogen (secondary N) is 1. The van der Waals surface area contributed by atoms with Gasteiger partial charge in [0.15, 0.2) is 15.8 Å². The van der Waals surface area contributed by atoms with Gasteiger partial charge >= 0.3 is 0 Å². The van der Waals surface area contributed by atoms with E-state index in [4.69, 9.17) is 16.3 Å². The van der Waals surface area contributed by atoms with E-state index in [1.807, 2.05) is 31.0 Å². The lowest BCUT2D eigenvalue weighted by Gasteiger charge is -2.26. The molecule has 1 aliphatic rings. The fourth-order valence-electron chi connectivity index (χ4n) is 2.68. The number of nitrogens with zero attached hydrogens (tertiary/aromatic N) is 3. The van der Waals surface area contributed by atoms with Crippen molar-refractivity contribution in [3.8, 4) is 5.75 Å². The molecule has 0 amide bonds. The number of guanidine groups is 1. The van der Waals surface area contributed by atoms with Gasteiger partial charge in [-0.05, 0) is 31.2 Å². The molecule has 1 fully saturated rings. The van der Waals surface area contributed by atoms with Crippen LogP contribution in [-0.2, 0) is 9.84 Å². The van der Waals surface area contributed by atoms with Crippen molar-refractivity contribution in [1.82, 2.24) is 15.1 Å². The third-order valence-electron chi connectivity index (χ3n) is 4.32. The van der Waals surface area contributed by atoms with Gasteiger partial charge in [0, 0.05) is 38.2 Å². The first-order valence-electron chi connectivity index (χ1n) is 9.20. The molecule has 1 aromatic carbocycles. The third-order valence-corrected chi connectivity index (χ3v) is 6.18. The average Bonchev–Trinajstić information content (AvgIpc) is 2.64. The van der Waals surface area contributed by atoms with Gasteiger partial charge in [-0.15, -0.1) is 24.0 Å². The Hall–Kier alpha value is -0.780. The first-order chi connectivity index (χ1) is 12.9. The molecule has 1 aliphatic heterocycles. The summed E-state index contributed by atoms with van der Waals surface area (Å²) in [4.78, 5) is 8.83. The second-order valence-electron chi connectivity index (χ2n) is 6.45. The number of benzene rings is 1. The highest BCUT2D eigenvalue weighted by Gasteiger charge is 2.20. The maximum atomic E-state index is 11.5. The van der Waals surface area contributed by atoms with Crippen LogP contribution in [0.3, 0.4) is 0 Å². The van der Waals surface area contributed by atoms with Crippen molar-refractivity contribution in [1.29, 1.82) is 0 Å². The highest BCUT2D eigenvalue weighted by atomic mass is 127. The van der Waals surface area contributed by atoms with Crippen LogP contribution in [0.2, 0.25) is 5.02 Å². The molecule has 0 aromatic heterocycles. The molecule has 1 saturated heterocycles. The highest BCUT2D eigenvalue weighted by molar-refractivity contribution is 14.0. The van der Waals surface area contributed by atoms with Crippen LogP contribution in [0, 0.1) is 0 Å². The molecule has 0 bridgehead atoms. The van der Waals surface area contributed by atoms with Crippen molar-refractivity contribution in [2.75, 3.05) is 64.4 Å². The molecule has 7 nitrogen and oxygen atoms in total. The van der Waals surface area contributed by atoms with Gasteiger partial charge in [-0.2, -0.15) is 0 Å². The van der Waals surface area contributed by atoms with Crippen LogP contribution in [0.25, 0.3) is 0 Å². The number of rotatable bonds is 8. The Morgan fingerprint density at radius 2 is 1.93 bits per heavy atom. The monoisotopic (exact) mass is 544 g/mol. The second-order valence-corrected chi connectivity index (χ2v) is 9.19. The standard InChI is InChI=1S/C18H29ClN4O3S.HI/c1-3-20-18(21-8-9-23-11-14-27(24,25)15-12-23)22(2)10-13-26-17-6-4-16(19)5-7-17;/h4-7H,3,8-15H2,1-2H3,(H,20,21);1H. The van der Waals surface area contributed by atoms with E-state index >= 15 is 0 Å². The molecule has 1 heterocycles. The lowest BCUT2D eigenvalue weighted by Crippen LogP contribution is -2.43. The molecule has 10 heteroatoms. The first kappa shape index (κ1) is 25.3. The molecule has 0 atom stereocenters. The van der Waals surface area contributed by atoms with Crippen molar-refractivity contribution >= 4 is 51.4 Å². The minimum absolute atomic E-state index is 0. The zero-order valence-corrected chi connectivity index (χ0v) is 20.3. The molecule has 2 rings (SSSR count). The molecule has 0 spiro atoms. The number of sulfone groups is 1. The predicted molar refractivity (Wildman–Crippen MR) is 126 cm³/mol. The Morgan fingerprint density at radius 3 is 2.54 bits per heavy atom. The fraction of sp³-hybridized carbons (Fsp3) is 0.611. The Bertz CT molecular complexity index is 702. The van der Waals surface area contributed by atoms with Crippen molar-refractivity contribution in [3.63, 3.8) is 0 Å². The number of hydrogen-bond donors (Lipinski definition) is 1. The van der Waals surface area contributed by atoms with E-state index in [0.29, 0.717) is 37.8 Å². The first-order valence-corrected chi connectivity index (χ1v) is 11.4. The Balaban J connectivity index is 0.00000392. The second kappa shape index (κ2) is 12.7. The topological polar surface area (TPSA) is 74.2 Å². The Morgan fingerprint density at radius 1 is 1.29 bits per heavy atom. The van der Waals surface area contributed by atoms with E-state index in [2.05, 4.69) is 15.2 Å². The molecule has 160 valence electrons. The summed E-state index contributed by atoms with van der Waals surface area (Å²) in [6.45, 7) is 6.62. The molecule has 0 aliphatic carbocycles. The summed E-state index contributed by atoms with van der Waals surface area (Å²) in [5.41, 5.74) is 0. The minimum atomic E-state index is -2.83. The number of aliphatic imine (C=N–C) groups is 1. The van der Waals surface area contributed by atoms with E-state index in [0.717, 1.165) is 24.8 Å². The SMILES string of the molecule is CCNC(=NCCN1CCS(=O)(=O)CC1)N(C)CCOc1ccc(Cl)cc1.I. The van der Waals surface area contributed by atoms with Gasteiger partial charge in [0.05, 0.1) is 24.6 Å². The summed E-state index contributed by atoms with van der Waals surface area (Å²) < 4.78 is 28.7. The number of ether oxygens (including phenoxy) is 1. The molecule has 1 aromatic rings. The summed E-state index contributed by atoms with van der Waals surface area (Å²) >= 11 is 5.87. The summed E-state index contributed by atoms with van der Waals surface area (Å²) in [7, 11) is -0.862. The summed E-state index contributed by atoms with van der Waals surface area (Å²) in [5, 5.41) is 3.97. The summed E-state index contributed by atoms with van der Waals surface area (Å²) in [6, 6.07) is 7.30. The highest BCUT2D eigenvalue weighted by Crippen LogP contribution is 2.15. The normalized spacial score (nSPS) is 16.9. The van der Waals surface area contributed by atoms with Crippen molar-refractivity contribution < 1.29 is 13.2 Å². The predicted octanol–water partition coefficient (Wildman–Crippen LogP) is 1.96. The maximum absolute atomic E-state index is 11.5. The van der Waals surface area contributed by atoms with E-state index in [9.17, 15) is 8.42 Å².